The van der Waals surface area contributed by atoms with Gasteiger partial charge in [-0.1, -0.05) is 43.9 Å². The van der Waals surface area contributed by atoms with Crippen molar-refractivity contribution in [2.75, 3.05) is 11.9 Å². The van der Waals surface area contributed by atoms with Crippen molar-refractivity contribution >= 4 is 11.6 Å². The molecule has 1 saturated carbocycles. The van der Waals surface area contributed by atoms with Gasteiger partial charge >= 0.3 is 0 Å². The monoisotopic (exact) mass is 274 g/mol. The minimum absolute atomic E-state index is 0.0386. The van der Waals surface area contributed by atoms with Gasteiger partial charge in [0.1, 0.15) is 0 Å². The third-order valence-electron chi connectivity index (χ3n) is 4.25. The highest BCUT2D eigenvalue weighted by Crippen LogP contribution is 2.25. The molecule has 0 heterocycles. The zero-order valence-electron chi connectivity index (χ0n) is 12.4. The summed E-state index contributed by atoms with van der Waals surface area (Å²) in [4.78, 5) is 11.9. The molecule has 0 bridgehead atoms. The molecule has 2 rings (SSSR count). The predicted molar refractivity (Wildman–Crippen MR) is 83.7 cm³/mol. The van der Waals surface area contributed by atoms with Gasteiger partial charge in [0.05, 0.1) is 6.54 Å². The van der Waals surface area contributed by atoms with Gasteiger partial charge in [0.25, 0.3) is 0 Å². The van der Waals surface area contributed by atoms with E-state index in [1.165, 1.54) is 38.5 Å². The smallest absolute Gasteiger partial charge is 0.238 e. The summed E-state index contributed by atoms with van der Waals surface area (Å²) in [7, 11) is 0. The first-order chi connectivity index (χ1) is 9.75. The van der Waals surface area contributed by atoms with E-state index in [1.807, 2.05) is 30.3 Å². The lowest BCUT2D eigenvalue weighted by molar-refractivity contribution is -0.115. The number of carbonyl (C=O) groups is 1. The average molecular weight is 274 g/mol. The van der Waals surface area contributed by atoms with Crippen LogP contribution < -0.4 is 10.6 Å². The zero-order valence-corrected chi connectivity index (χ0v) is 12.4. The Kier molecular flexibility index (Phi) is 6.06. The topological polar surface area (TPSA) is 41.1 Å². The molecule has 0 spiro atoms. The van der Waals surface area contributed by atoms with Gasteiger partial charge in [0.2, 0.25) is 5.91 Å². The molecule has 110 valence electrons. The van der Waals surface area contributed by atoms with Crippen LogP contribution in [0, 0.1) is 5.92 Å². The summed E-state index contributed by atoms with van der Waals surface area (Å²) in [5, 5.41) is 6.30. The van der Waals surface area contributed by atoms with Crippen LogP contribution in [0.3, 0.4) is 0 Å². The quantitative estimate of drug-likeness (QED) is 0.806. The molecule has 0 aromatic heterocycles. The maximum Gasteiger partial charge on any atom is 0.238 e. The average Bonchev–Trinajstić information content (AvgIpc) is 2.75. The minimum Gasteiger partial charge on any atom is -0.325 e. The normalized spacial score (nSPS) is 18.2. The van der Waals surface area contributed by atoms with E-state index in [9.17, 15) is 4.79 Å². The van der Waals surface area contributed by atoms with Crippen LogP contribution in [-0.2, 0) is 4.79 Å². The second kappa shape index (κ2) is 8.05. The lowest BCUT2D eigenvalue weighted by Gasteiger charge is -2.23. The first-order valence-corrected chi connectivity index (χ1v) is 7.84. The number of hydrogen-bond acceptors (Lipinski definition) is 2. The van der Waals surface area contributed by atoms with Gasteiger partial charge in [-0.3, -0.25) is 4.79 Å². The van der Waals surface area contributed by atoms with Crippen LogP contribution in [0.1, 0.15) is 45.4 Å². The lowest BCUT2D eigenvalue weighted by Crippen LogP contribution is -2.38. The number of para-hydroxylation sites is 1. The van der Waals surface area contributed by atoms with Crippen LogP contribution in [-0.4, -0.2) is 18.5 Å². The van der Waals surface area contributed by atoms with Crippen LogP contribution in [0.5, 0.6) is 0 Å². The Bertz CT molecular complexity index is 397. The SMILES string of the molecule is C[C@H](NCC(=O)Nc1ccccc1)C1CCCCCC1. The number of rotatable bonds is 5. The van der Waals surface area contributed by atoms with E-state index >= 15 is 0 Å². The fraction of sp³-hybridized carbons (Fsp3) is 0.588. The fourth-order valence-electron chi connectivity index (χ4n) is 2.96. The van der Waals surface area contributed by atoms with Crippen LogP contribution in [0.25, 0.3) is 0 Å². The minimum atomic E-state index is 0.0386. The van der Waals surface area contributed by atoms with Gasteiger partial charge in [-0.05, 0) is 37.8 Å². The van der Waals surface area contributed by atoms with Crippen molar-refractivity contribution < 1.29 is 4.79 Å². The Balaban J connectivity index is 1.72. The molecule has 1 aromatic carbocycles. The van der Waals surface area contributed by atoms with Crippen LogP contribution >= 0.6 is 0 Å². The molecule has 1 atom stereocenters. The molecule has 1 aliphatic rings. The van der Waals surface area contributed by atoms with Crippen molar-refractivity contribution in [3.8, 4) is 0 Å². The van der Waals surface area contributed by atoms with E-state index in [4.69, 9.17) is 0 Å². The second-order valence-corrected chi connectivity index (χ2v) is 5.84. The Morgan fingerprint density at radius 3 is 2.45 bits per heavy atom. The predicted octanol–water partition coefficient (Wildman–Crippen LogP) is 3.57. The third-order valence-corrected chi connectivity index (χ3v) is 4.25. The molecule has 0 radical (unpaired) electrons. The molecule has 1 aliphatic carbocycles. The molecule has 3 heteroatoms. The van der Waals surface area contributed by atoms with E-state index in [-0.39, 0.29) is 5.91 Å². The summed E-state index contributed by atoms with van der Waals surface area (Å²) in [6.45, 7) is 2.61. The Morgan fingerprint density at radius 2 is 1.80 bits per heavy atom. The summed E-state index contributed by atoms with van der Waals surface area (Å²) in [6, 6.07) is 10.0. The molecule has 3 nitrogen and oxygen atoms in total. The first-order valence-electron chi connectivity index (χ1n) is 7.84. The summed E-state index contributed by atoms with van der Waals surface area (Å²) in [5.41, 5.74) is 0.862. The molecule has 0 unspecified atom stereocenters. The largest absolute Gasteiger partial charge is 0.325 e. The van der Waals surface area contributed by atoms with Gasteiger partial charge in [-0.25, -0.2) is 0 Å². The van der Waals surface area contributed by atoms with E-state index in [0.29, 0.717) is 12.6 Å². The van der Waals surface area contributed by atoms with Crippen molar-refractivity contribution in [3.63, 3.8) is 0 Å². The van der Waals surface area contributed by atoms with Crippen molar-refractivity contribution in [2.24, 2.45) is 5.92 Å². The molecular weight excluding hydrogens is 248 g/mol. The van der Waals surface area contributed by atoms with E-state index in [0.717, 1.165) is 11.6 Å². The molecular formula is C17H26N2O. The van der Waals surface area contributed by atoms with E-state index in [2.05, 4.69) is 17.6 Å². The summed E-state index contributed by atoms with van der Waals surface area (Å²) in [6.07, 6.45) is 8.03. The van der Waals surface area contributed by atoms with Gasteiger partial charge in [0, 0.05) is 11.7 Å². The number of amides is 1. The number of nitrogens with one attached hydrogen (secondary N) is 2. The van der Waals surface area contributed by atoms with Crippen LogP contribution in [0.2, 0.25) is 0 Å². The Hall–Kier alpha value is -1.35. The van der Waals surface area contributed by atoms with Crippen molar-refractivity contribution in [2.45, 2.75) is 51.5 Å². The van der Waals surface area contributed by atoms with Gasteiger partial charge in [0.15, 0.2) is 0 Å². The molecule has 1 aromatic rings. The van der Waals surface area contributed by atoms with E-state index < -0.39 is 0 Å². The zero-order chi connectivity index (χ0) is 14.2. The molecule has 20 heavy (non-hydrogen) atoms. The lowest BCUT2D eigenvalue weighted by atomic mass is 9.93. The molecule has 2 N–H and O–H groups in total. The second-order valence-electron chi connectivity index (χ2n) is 5.84. The summed E-state index contributed by atoms with van der Waals surface area (Å²) < 4.78 is 0. The third kappa shape index (κ3) is 4.97. The number of anilines is 1. The Morgan fingerprint density at radius 1 is 1.15 bits per heavy atom. The molecule has 0 aliphatic heterocycles. The number of benzene rings is 1. The van der Waals surface area contributed by atoms with Gasteiger partial charge in [-0.15, -0.1) is 0 Å². The van der Waals surface area contributed by atoms with Crippen molar-refractivity contribution in [3.05, 3.63) is 30.3 Å². The molecule has 0 saturated heterocycles. The maximum absolute atomic E-state index is 11.9. The molecule has 1 amide bonds. The fourth-order valence-corrected chi connectivity index (χ4v) is 2.96. The standard InChI is InChI=1S/C17H26N2O/c1-14(15-9-5-2-3-6-10-15)18-13-17(20)19-16-11-7-4-8-12-16/h4,7-8,11-12,14-15,18H,2-3,5-6,9-10,13H2,1H3,(H,19,20)/t14-/m0/s1. The van der Waals surface area contributed by atoms with E-state index in [1.54, 1.807) is 0 Å². The van der Waals surface area contributed by atoms with Crippen LogP contribution in [0.4, 0.5) is 5.69 Å². The highest BCUT2D eigenvalue weighted by molar-refractivity contribution is 5.92. The molecule has 1 fully saturated rings. The highest BCUT2D eigenvalue weighted by Gasteiger charge is 2.19. The van der Waals surface area contributed by atoms with Gasteiger partial charge in [-0.2, -0.15) is 0 Å². The van der Waals surface area contributed by atoms with Crippen molar-refractivity contribution in [1.82, 2.24) is 5.32 Å². The maximum atomic E-state index is 11.9. The highest BCUT2D eigenvalue weighted by atomic mass is 16.1. The summed E-state index contributed by atoms with van der Waals surface area (Å²) in [5.74, 6) is 0.763. The van der Waals surface area contributed by atoms with Crippen LogP contribution in [0.15, 0.2) is 30.3 Å². The summed E-state index contributed by atoms with van der Waals surface area (Å²) >= 11 is 0. The number of hydrogen-bond donors (Lipinski definition) is 2. The van der Waals surface area contributed by atoms with Crippen molar-refractivity contribution in [1.29, 1.82) is 0 Å². The number of carbonyl (C=O) groups excluding carboxylic acids is 1. The first kappa shape index (κ1) is 15.0. The van der Waals surface area contributed by atoms with Gasteiger partial charge < -0.3 is 10.6 Å². The Labute approximate surface area is 122 Å².